The molecule has 1 aromatic heterocycles. The molecule has 0 amide bonds. The van der Waals surface area contributed by atoms with Crippen LogP contribution in [0.25, 0.3) is 0 Å². The van der Waals surface area contributed by atoms with Gasteiger partial charge < -0.3 is 14.8 Å². The zero-order valence-electron chi connectivity index (χ0n) is 15.8. The topological polar surface area (TPSA) is 104 Å². The summed E-state index contributed by atoms with van der Waals surface area (Å²) < 4.78 is 11.2. The van der Waals surface area contributed by atoms with E-state index in [1.165, 1.54) is 11.8 Å². The number of ether oxygens (including phenoxy) is 2. The zero-order chi connectivity index (χ0) is 19.3. The highest BCUT2D eigenvalue weighted by Gasteiger charge is 2.28. The van der Waals surface area contributed by atoms with Gasteiger partial charge in [0.05, 0.1) is 31.7 Å². The molecule has 3 heterocycles. The van der Waals surface area contributed by atoms with Crippen molar-refractivity contribution in [1.82, 2.24) is 20.8 Å². The second-order valence-corrected chi connectivity index (χ2v) is 7.06. The third-order valence-corrected chi connectivity index (χ3v) is 5.32. The molecule has 2 saturated heterocycles. The van der Waals surface area contributed by atoms with E-state index >= 15 is 0 Å². The number of aromatic nitrogens is 2. The molecule has 3 N–H and O–H groups in total. The standard InChI is InChI=1S/C20H24N6O2/c1-27-18-8-14(13-4-6-28-7-5-13)2-3-16(18)17-9-19(26-25-17)24-20-12-22-15(10-21)11-23-20/h2-3,8,11-13,17,19,25-26H,4-7,9H2,1H3,(H,23,24). The van der Waals surface area contributed by atoms with Crippen LogP contribution in [0.5, 0.6) is 5.75 Å². The van der Waals surface area contributed by atoms with E-state index < -0.39 is 0 Å². The lowest BCUT2D eigenvalue weighted by atomic mass is 9.90. The monoisotopic (exact) mass is 380 g/mol. The molecule has 0 bridgehead atoms. The summed E-state index contributed by atoms with van der Waals surface area (Å²) in [5.41, 5.74) is 9.32. The molecular weight excluding hydrogens is 356 g/mol. The van der Waals surface area contributed by atoms with Gasteiger partial charge in [-0.15, -0.1) is 0 Å². The van der Waals surface area contributed by atoms with Crippen molar-refractivity contribution in [2.24, 2.45) is 0 Å². The number of benzene rings is 1. The predicted octanol–water partition coefficient (Wildman–Crippen LogP) is 2.23. The van der Waals surface area contributed by atoms with Gasteiger partial charge >= 0.3 is 0 Å². The van der Waals surface area contributed by atoms with Crippen LogP contribution in [-0.4, -0.2) is 36.5 Å². The van der Waals surface area contributed by atoms with Gasteiger partial charge in [0.25, 0.3) is 0 Å². The average Bonchev–Trinajstić information content (AvgIpc) is 3.22. The van der Waals surface area contributed by atoms with Crippen molar-refractivity contribution >= 4 is 5.82 Å². The van der Waals surface area contributed by atoms with E-state index in [9.17, 15) is 0 Å². The predicted molar refractivity (Wildman–Crippen MR) is 104 cm³/mol. The number of nitrogens with zero attached hydrogens (tertiary/aromatic N) is 3. The Morgan fingerprint density at radius 1 is 1.21 bits per heavy atom. The van der Waals surface area contributed by atoms with Crippen LogP contribution in [0.1, 0.15) is 48.0 Å². The average molecular weight is 380 g/mol. The van der Waals surface area contributed by atoms with Gasteiger partial charge in [-0.1, -0.05) is 12.1 Å². The molecule has 146 valence electrons. The van der Waals surface area contributed by atoms with Gasteiger partial charge in [-0.3, -0.25) is 0 Å². The molecule has 1 aromatic carbocycles. The second-order valence-electron chi connectivity index (χ2n) is 7.06. The lowest BCUT2D eigenvalue weighted by Crippen LogP contribution is -2.36. The maximum absolute atomic E-state index is 8.81. The SMILES string of the molecule is COc1cc(C2CCOCC2)ccc1C1CC(Nc2cnc(C#N)cn2)NN1. The van der Waals surface area contributed by atoms with E-state index in [1.54, 1.807) is 13.3 Å². The minimum absolute atomic E-state index is 0.00730. The van der Waals surface area contributed by atoms with Crippen molar-refractivity contribution < 1.29 is 9.47 Å². The normalized spacial score (nSPS) is 22.6. The number of methoxy groups -OCH3 is 1. The quantitative estimate of drug-likeness (QED) is 0.725. The molecule has 2 aliphatic rings. The van der Waals surface area contributed by atoms with Crippen LogP contribution in [0.2, 0.25) is 0 Å². The summed E-state index contributed by atoms with van der Waals surface area (Å²) in [6.07, 6.45) is 5.95. The molecule has 2 aliphatic heterocycles. The highest BCUT2D eigenvalue weighted by molar-refractivity contribution is 5.42. The van der Waals surface area contributed by atoms with Gasteiger partial charge in [-0.25, -0.2) is 20.8 Å². The van der Waals surface area contributed by atoms with Crippen LogP contribution in [0.4, 0.5) is 5.82 Å². The number of hydrazine groups is 1. The third-order valence-electron chi connectivity index (χ3n) is 5.32. The Morgan fingerprint density at radius 3 is 2.79 bits per heavy atom. The van der Waals surface area contributed by atoms with Gasteiger partial charge in [0.2, 0.25) is 0 Å². The first-order valence-electron chi connectivity index (χ1n) is 9.52. The first-order valence-corrected chi connectivity index (χ1v) is 9.52. The van der Waals surface area contributed by atoms with E-state index in [2.05, 4.69) is 44.3 Å². The van der Waals surface area contributed by atoms with Gasteiger partial charge in [-0.05, 0) is 30.4 Å². The molecule has 2 atom stereocenters. The van der Waals surface area contributed by atoms with Crippen LogP contribution in [0.3, 0.4) is 0 Å². The molecule has 4 rings (SSSR count). The molecule has 8 heteroatoms. The van der Waals surface area contributed by atoms with E-state index in [0.717, 1.165) is 43.8 Å². The van der Waals surface area contributed by atoms with E-state index in [1.807, 2.05) is 6.07 Å². The maximum atomic E-state index is 8.81. The van der Waals surface area contributed by atoms with E-state index in [-0.39, 0.29) is 12.2 Å². The summed E-state index contributed by atoms with van der Waals surface area (Å²) in [6, 6.07) is 8.62. The lowest BCUT2D eigenvalue weighted by Gasteiger charge is -2.24. The molecule has 0 aliphatic carbocycles. The van der Waals surface area contributed by atoms with Gasteiger partial charge in [-0.2, -0.15) is 5.26 Å². The van der Waals surface area contributed by atoms with Crippen LogP contribution >= 0.6 is 0 Å². The highest BCUT2D eigenvalue weighted by atomic mass is 16.5. The fraction of sp³-hybridized carbons (Fsp3) is 0.450. The Balaban J connectivity index is 1.43. The zero-order valence-corrected chi connectivity index (χ0v) is 15.8. The van der Waals surface area contributed by atoms with E-state index in [0.29, 0.717) is 17.4 Å². The molecule has 28 heavy (non-hydrogen) atoms. The summed E-state index contributed by atoms with van der Waals surface area (Å²) in [5.74, 6) is 2.07. The van der Waals surface area contributed by atoms with Crippen LogP contribution < -0.4 is 20.9 Å². The minimum atomic E-state index is -0.00730. The maximum Gasteiger partial charge on any atom is 0.158 e. The second kappa shape index (κ2) is 8.52. The largest absolute Gasteiger partial charge is 0.496 e. The smallest absolute Gasteiger partial charge is 0.158 e. The molecular formula is C20H24N6O2. The fourth-order valence-corrected chi connectivity index (χ4v) is 3.79. The number of nitriles is 1. The first kappa shape index (κ1) is 18.6. The lowest BCUT2D eigenvalue weighted by molar-refractivity contribution is 0.0853. The Morgan fingerprint density at radius 2 is 2.07 bits per heavy atom. The number of nitrogens with one attached hydrogen (secondary N) is 3. The Hall–Kier alpha value is -2.73. The van der Waals surface area contributed by atoms with Crippen molar-refractivity contribution in [2.45, 2.75) is 37.4 Å². The molecule has 2 aromatic rings. The summed E-state index contributed by atoms with van der Waals surface area (Å²) >= 11 is 0. The number of hydrogen-bond donors (Lipinski definition) is 3. The van der Waals surface area contributed by atoms with Crippen LogP contribution in [-0.2, 0) is 4.74 Å². The van der Waals surface area contributed by atoms with Crippen molar-refractivity contribution in [3.63, 3.8) is 0 Å². The first-order chi connectivity index (χ1) is 13.8. The van der Waals surface area contributed by atoms with Crippen molar-refractivity contribution in [2.75, 3.05) is 25.6 Å². The summed E-state index contributed by atoms with van der Waals surface area (Å²) in [7, 11) is 1.72. The molecule has 2 fully saturated rings. The van der Waals surface area contributed by atoms with Crippen molar-refractivity contribution in [3.05, 3.63) is 47.4 Å². The minimum Gasteiger partial charge on any atom is -0.496 e. The Kier molecular flexibility index (Phi) is 5.67. The number of hydrogen-bond acceptors (Lipinski definition) is 8. The van der Waals surface area contributed by atoms with Gasteiger partial charge in [0, 0.05) is 25.2 Å². The molecule has 2 unspecified atom stereocenters. The molecule has 0 radical (unpaired) electrons. The molecule has 8 nitrogen and oxygen atoms in total. The van der Waals surface area contributed by atoms with Crippen LogP contribution in [0.15, 0.2) is 30.6 Å². The fourth-order valence-electron chi connectivity index (χ4n) is 3.79. The van der Waals surface area contributed by atoms with Gasteiger partial charge in [0.15, 0.2) is 5.69 Å². The summed E-state index contributed by atoms with van der Waals surface area (Å²) in [4.78, 5) is 8.24. The van der Waals surface area contributed by atoms with Crippen LogP contribution in [0, 0.1) is 11.3 Å². The van der Waals surface area contributed by atoms with Crippen molar-refractivity contribution in [1.29, 1.82) is 5.26 Å². The van der Waals surface area contributed by atoms with Crippen molar-refractivity contribution in [3.8, 4) is 11.8 Å². The number of anilines is 1. The Bertz CT molecular complexity index is 845. The molecule has 0 spiro atoms. The summed E-state index contributed by atoms with van der Waals surface area (Å²) in [5, 5.41) is 12.1. The Labute approximate surface area is 164 Å². The van der Waals surface area contributed by atoms with E-state index in [4.69, 9.17) is 14.7 Å². The van der Waals surface area contributed by atoms with Gasteiger partial charge in [0.1, 0.15) is 17.6 Å². The summed E-state index contributed by atoms with van der Waals surface area (Å²) in [6.45, 7) is 1.66. The number of rotatable bonds is 5. The molecule has 0 saturated carbocycles. The highest BCUT2D eigenvalue weighted by Crippen LogP contribution is 2.35. The third kappa shape index (κ3) is 4.07.